The molecule has 0 unspecified atom stereocenters. The van der Waals surface area contributed by atoms with Crippen LogP contribution in [0.15, 0.2) is 0 Å². The standard InChI is InChI=1S/C3H7N.Y/c1-2-3-4;/h4H,1-3H2;/q-2;. The molecule has 0 aromatic rings. The van der Waals surface area contributed by atoms with Crippen molar-refractivity contribution >= 4 is 0 Å². The van der Waals surface area contributed by atoms with Gasteiger partial charge >= 0.3 is 0 Å². The Balaban J connectivity index is 0. The summed E-state index contributed by atoms with van der Waals surface area (Å²) >= 11 is 0. The van der Waals surface area contributed by atoms with Gasteiger partial charge in [0.25, 0.3) is 0 Å². The van der Waals surface area contributed by atoms with E-state index in [9.17, 15) is 0 Å². The second-order valence-corrected chi connectivity index (χ2v) is 0.604. The van der Waals surface area contributed by atoms with Gasteiger partial charge in [0.05, 0.1) is 0 Å². The first-order valence-electron chi connectivity index (χ1n) is 1.35. The van der Waals surface area contributed by atoms with Crippen LogP contribution in [-0.4, -0.2) is 6.54 Å². The number of rotatable bonds is 1. The molecule has 0 aromatic carbocycles. The second-order valence-electron chi connectivity index (χ2n) is 0.604. The molecule has 0 aliphatic carbocycles. The second kappa shape index (κ2) is 8.91. The summed E-state index contributed by atoms with van der Waals surface area (Å²) in [6.45, 7) is 3.88. The SMILES string of the molecule is [CH2-]CC[NH-].[Y]. The van der Waals surface area contributed by atoms with Crippen molar-refractivity contribution < 1.29 is 32.7 Å². The zero-order valence-electron chi connectivity index (χ0n) is 3.20. The molecule has 0 aliphatic rings. The summed E-state index contributed by atoms with van der Waals surface area (Å²) in [5.41, 5.74) is 6.39. The quantitative estimate of drug-likeness (QED) is 0.497. The molecule has 0 spiro atoms. The molecule has 1 N–H and O–H groups in total. The van der Waals surface area contributed by atoms with Crippen LogP contribution >= 0.6 is 0 Å². The average molecular weight is 146 g/mol. The van der Waals surface area contributed by atoms with E-state index in [2.05, 4.69) is 6.92 Å². The average Bonchev–Trinajstić information content (AvgIpc) is 1.37. The van der Waals surface area contributed by atoms with E-state index in [1.54, 1.807) is 0 Å². The maximum Gasteiger partial charge on any atom is 0 e. The monoisotopic (exact) mass is 146 g/mol. The van der Waals surface area contributed by atoms with Crippen molar-refractivity contribution in [2.75, 3.05) is 6.54 Å². The molecule has 2 heteroatoms. The minimum Gasteiger partial charge on any atom is -0.679 e. The van der Waals surface area contributed by atoms with Crippen LogP contribution in [-0.2, 0) is 32.7 Å². The molecule has 0 aliphatic heterocycles. The van der Waals surface area contributed by atoms with Crippen LogP contribution in [0.1, 0.15) is 6.42 Å². The van der Waals surface area contributed by atoms with Crippen LogP contribution in [0.4, 0.5) is 0 Å². The Kier molecular flexibility index (Phi) is 16.8. The summed E-state index contributed by atoms with van der Waals surface area (Å²) in [5.74, 6) is 0. The van der Waals surface area contributed by atoms with Crippen LogP contribution in [0.2, 0.25) is 0 Å². The third-order valence-corrected chi connectivity index (χ3v) is 0.177. The predicted molar refractivity (Wildman–Crippen MR) is 19.2 cm³/mol. The van der Waals surface area contributed by atoms with Crippen molar-refractivity contribution in [3.63, 3.8) is 0 Å². The topological polar surface area (TPSA) is 23.8 Å². The maximum atomic E-state index is 6.39. The Morgan fingerprint density at radius 1 is 1.60 bits per heavy atom. The van der Waals surface area contributed by atoms with E-state index in [0.29, 0.717) is 6.54 Å². The fourth-order valence-electron chi connectivity index (χ4n) is 0. The Morgan fingerprint density at radius 2 is 1.80 bits per heavy atom. The summed E-state index contributed by atoms with van der Waals surface area (Å²) in [4.78, 5) is 0. The number of hydrogen-bond acceptors (Lipinski definition) is 0. The van der Waals surface area contributed by atoms with Crippen molar-refractivity contribution in [2.24, 2.45) is 0 Å². The normalized spacial score (nSPS) is 6.00. The van der Waals surface area contributed by atoms with E-state index >= 15 is 0 Å². The van der Waals surface area contributed by atoms with Gasteiger partial charge in [0.2, 0.25) is 0 Å². The van der Waals surface area contributed by atoms with E-state index in [0.717, 1.165) is 6.42 Å². The number of nitrogens with one attached hydrogen (secondary N) is 1. The molecular weight excluding hydrogens is 139 g/mol. The van der Waals surface area contributed by atoms with E-state index < -0.39 is 0 Å². The fraction of sp³-hybridized carbons (Fsp3) is 0.667. The molecule has 1 radical (unpaired) electrons. The van der Waals surface area contributed by atoms with Crippen LogP contribution in [0.3, 0.4) is 0 Å². The smallest absolute Gasteiger partial charge is 0 e. The largest absolute Gasteiger partial charge is 0.679 e. The van der Waals surface area contributed by atoms with Crippen LogP contribution in [0, 0.1) is 6.92 Å². The van der Waals surface area contributed by atoms with Gasteiger partial charge in [-0.2, -0.15) is 6.54 Å². The third-order valence-electron chi connectivity index (χ3n) is 0.177. The van der Waals surface area contributed by atoms with Gasteiger partial charge in [-0.15, -0.1) is 0 Å². The molecule has 0 saturated carbocycles. The number of hydrogen-bond donors (Lipinski definition) is 0. The molecule has 0 atom stereocenters. The van der Waals surface area contributed by atoms with Crippen LogP contribution < -0.4 is 0 Å². The van der Waals surface area contributed by atoms with Gasteiger partial charge in [0, 0.05) is 32.7 Å². The Labute approximate surface area is 58.2 Å². The van der Waals surface area contributed by atoms with Crippen molar-refractivity contribution in [1.29, 1.82) is 0 Å². The van der Waals surface area contributed by atoms with Crippen molar-refractivity contribution in [3.05, 3.63) is 12.7 Å². The first-order valence-corrected chi connectivity index (χ1v) is 1.35. The van der Waals surface area contributed by atoms with Gasteiger partial charge < -0.3 is 12.7 Å². The van der Waals surface area contributed by atoms with Crippen LogP contribution in [0.25, 0.3) is 5.73 Å². The van der Waals surface area contributed by atoms with E-state index in [1.807, 2.05) is 0 Å². The molecule has 1 nitrogen and oxygen atoms in total. The minimum atomic E-state index is 0. The zero-order chi connectivity index (χ0) is 3.41. The van der Waals surface area contributed by atoms with Crippen molar-refractivity contribution in [2.45, 2.75) is 6.42 Å². The summed E-state index contributed by atoms with van der Waals surface area (Å²) in [7, 11) is 0. The molecule has 5 heavy (non-hydrogen) atoms. The Hall–Kier alpha value is 1.06. The van der Waals surface area contributed by atoms with Gasteiger partial charge in [-0.25, -0.2) is 6.42 Å². The van der Waals surface area contributed by atoms with Gasteiger partial charge in [-0.1, -0.05) is 0 Å². The van der Waals surface area contributed by atoms with Gasteiger partial charge in [0.15, 0.2) is 0 Å². The summed E-state index contributed by atoms with van der Waals surface area (Å²) < 4.78 is 0. The van der Waals surface area contributed by atoms with Gasteiger partial charge in [-0.3, -0.25) is 0 Å². The molecule has 29 valence electrons. The van der Waals surface area contributed by atoms with Gasteiger partial charge in [0.1, 0.15) is 0 Å². The van der Waals surface area contributed by atoms with Crippen LogP contribution in [0.5, 0.6) is 0 Å². The summed E-state index contributed by atoms with van der Waals surface area (Å²) in [6.07, 6.45) is 0.736. The van der Waals surface area contributed by atoms with E-state index in [1.165, 1.54) is 0 Å². The molecule has 0 fully saturated rings. The zero-order valence-corrected chi connectivity index (χ0v) is 6.04. The van der Waals surface area contributed by atoms with Gasteiger partial charge in [-0.05, 0) is 0 Å². The summed E-state index contributed by atoms with van der Waals surface area (Å²) in [6, 6.07) is 0. The Bertz CT molecular complexity index is 8.85. The predicted octanol–water partition coefficient (Wildman–Crippen LogP) is 1.26. The molecule has 0 rings (SSSR count). The molecule has 0 aromatic heterocycles. The van der Waals surface area contributed by atoms with Crippen molar-refractivity contribution in [3.8, 4) is 0 Å². The molecule has 0 amide bonds. The first kappa shape index (κ1) is 9.42. The molecule has 0 bridgehead atoms. The molecule has 0 heterocycles. The minimum absolute atomic E-state index is 0. The van der Waals surface area contributed by atoms with Crippen molar-refractivity contribution in [1.82, 2.24) is 0 Å². The molecule has 0 saturated heterocycles. The maximum absolute atomic E-state index is 6.39. The Morgan fingerprint density at radius 3 is 1.80 bits per heavy atom. The molecular formula is C3H7NY-2. The fourth-order valence-corrected chi connectivity index (χ4v) is 0. The first-order chi connectivity index (χ1) is 1.91. The van der Waals surface area contributed by atoms with E-state index in [4.69, 9.17) is 5.73 Å². The third kappa shape index (κ3) is 11.2. The summed E-state index contributed by atoms with van der Waals surface area (Å²) in [5, 5.41) is 0. The van der Waals surface area contributed by atoms with E-state index in [-0.39, 0.29) is 32.7 Å².